The van der Waals surface area contributed by atoms with Crippen molar-refractivity contribution in [1.82, 2.24) is 23.9 Å². The second-order valence-electron chi connectivity index (χ2n) is 12.7. The first-order valence-corrected chi connectivity index (χ1v) is 16.4. The van der Waals surface area contributed by atoms with Gasteiger partial charge in [0, 0.05) is 40.7 Å². The molecule has 2 aliphatic rings. The summed E-state index contributed by atoms with van der Waals surface area (Å²) in [4.78, 5) is 14.4. The van der Waals surface area contributed by atoms with Gasteiger partial charge in [-0.1, -0.05) is 29.3 Å². The number of likely N-dealkylation sites (tertiary alicyclic amines) is 1. The molecule has 0 unspecified atom stereocenters. The summed E-state index contributed by atoms with van der Waals surface area (Å²) in [6, 6.07) is 8.66. The molecule has 2 fully saturated rings. The predicted molar refractivity (Wildman–Crippen MR) is 165 cm³/mol. The van der Waals surface area contributed by atoms with Gasteiger partial charge in [-0.2, -0.15) is 22.7 Å². The van der Waals surface area contributed by atoms with Crippen LogP contribution in [-0.4, -0.2) is 57.1 Å². The van der Waals surface area contributed by atoms with E-state index in [1.807, 2.05) is 46.2 Å². The fourth-order valence-corrected chi connectivity index (χ4v) is 8.38. The lowest BCUT2D eigenvalue weighted by atomic mass is 9.61. The lowest BCUT2D eigenvalue weighted by Gasteiger charge is -2.58. The molecular formula is C30H33BrClN5O4S. The van der Waals surface area contributed by atoms with Gasteiger partial charge in [-0.15, -0.1) is 0 Å². The van der Waals surface area contributed by atoms with E-state index >= 15 is 0 Å². The van der Waals surface area contributed by atoms with Crippen molar-refractivity contribution in [1.29, 1.82) is 0 Å². The van der Waals surface area contributed by atoms with Crippen molar-refractivity contribution in [3.63, 3.8) is 0 Å². The Balaban J connectivity index is 1.31. The number of carbonyl (C=O) groups is 1. The highest BCUT2D eigenvalue weighted by Crippen LogP contribution is 2.55. The Morgan fingerprint density at radius 1 is 1.10 bits per heavy atom. The van der Waals surface area contributed by atoms with E-state index < -0.39 is 15.6 Å². The van der Waals surface area contributed by atoms with Crippen molar-refractivity contribution < 1.29 is 17.9 Å². The Kier molecular flexibility index (Phi) is 6.83. The van der Waals surface area contributed by atoms with Crippen molar-refractivity contribution in [2.75, 3.05) is 13.1 Å². The van der Waals surface area contributed by atoms with Crippen molar-refractivity contribution in [2.24, 2.45) is 5.41 Å². The van der Waals surface area contributed by atoms with Crippen LogP contribution < -0.4 is 0 Å². The summed E-state index contributed by atoms with van der Waals surface area (Å²) in [6.07, 6.45) is 3.11. The number of halogens is 2. The third-order valence-corrected chi connectivity index (χ3v) is 10.9. The highest BCUT2D eigenvalue weighted by molar-refractivity contribution is 9.10. The van der Waals surface area contributed by atoms with E-state index in [1.54, 1.807) is 41.4 Å². The average Bonchev–Trinajstić information content (AvgIpc) is 3.38. The summed E-state index contributed by atoms with van der Waals surface area (Å²) in [5.41, 5.74) is 4.16. The smallest absolute Gasteiger partial charge is 0.410 e. The fraction of sp³-hybridized carbons (Fsp3) is 0.433. The Bertz CT molecular complexity index is 1840. The van der Waals surface area contributed by atoms with Crippen LogP contribution >= 0.6 is 27.5 Å². The number of rotatable bonds is 4. The number of hydrogen-bond donors (Lipinski definition) is 0. The number of ether oxygens (including phenoxy) is 1. The van der Waals surface area contributed by atoms with Crippen molar-refractivity contribution in [3.8, 4) is 11.1 Å². The first-order valence-electron chi connectivity index (χ1n) is 13.8. The molecule has 0 bridgehead atoms. The van der Waals surface area contributed by atoms with Crippen molar-refractivity contribution in [3.05, 3.63) is 63.0 Å². The number of nitrogens with zero attached hydrogens (tertiary/aromatic N) is 5. The minimum absolute atomic E-state index is 0.0896. The maximum Gasteiger partial charge on any atom is 0.410 e. The molecular weight excluding hydrogens is 642 g/mol. The molecule has 2 aromatic carbocycles. The maximum absolute atomic E-state index is 13.6. The van der Waals surface area contributed by atoms with Gasteiger partial charge >= 0.3 is 6.09 Å². The Morgan fingerprint density at radius 2 is 1.74 bits per heavy atom. The molecule has 9 nitrogen and oxygen atoms in total. The van der Waals surface area contributed by atoms with E-state index in [0.717, 1.165) is 39.3 Å². The fourth-order valence-electron chi connectivity index (χ4n) is 6.21. The molecule has 6 rings (SSSR count). The molecule has 1 aliphatic carbocycles. The topological polar surface area (TPSA) is 99.3 Å². The second kappa shape index (κ2) is 9.82. The summed E-state index contributed by atoms with van der Waals surface area (Å²) >= 11 is 10.6. The summed E-state index contributed by atoms with van der Waals surface area (Å²) in [5, 5.41) is 10.3. The molecule has 1 saturated heterocycles. The Hall–Kier alpha value is -2.89. The minimum atomic E-state index is -3.93. The van der Waals surface area contributed by atoms with Gasteiger partial charge in [-0.05, 0) is 94.1 Å². The number of carbonyl (C=O) groups excluding carboxylic acids is 1. The van der Waals surface area contributed by atoms with Crippen LogP contribution in [0.15, 0.2) is 46.0 Å². The summed E-state index contributed by atoms with van der Waals surface area (Å²) in [7, 11) is -3.93. The van der Waals surface area contributed by atoms with Crippen molar-refractivity contribution >= 4 is 54.6 Å². The highest BCUT2D eigenvalue weighted by Gasteiger charge is 2.55. The maximum atomic E-state index is 13.6. The van der Waals surface area contributed by atoms with Crippen LogP contribution in [0.2, 0.25) is 5.02 Å². The quantitative estimate of drug-likeness (QED) is 0.230. The number of aryl methyl sites for hydroxylation is 2. The first kappa shape index (κ1) is 29.2. The van der Waals surface area contributed by atoms with Gasteiger partial charge in [0.1, 0.15) is 10.2 Å². The number of fused-ring (bicyclic) bond motifs is 1. The third-order valence-electron chi connectivity index (χ3n) is 8.25. The van der Waals surface area contributed by atoms with Gasteiger partial charge < -0.3 is 9.64 Å². The molecule has 4 aromatic rings. The Morgan fingerprint density at radius 3 is 2.36 bits per heavy atom. The van der Waals surface area contributed by atoms with Crippen LogP contribution in [0.5, 0.6) is 0 Å². The van der Waals surface area contributed by atoms with Crippen LogP contribution in [0.25, 0.3) is 22.0 Å². The molecule has 12 heteroatoms. The normalized spacial score (nSPS) is 17.0. The van der Waals surface area contributed by atoms with Crippen LogP contribution in [-0.2, 0) is 14.8 Å². The van der Waals surface area contributed by atoms with Crippen LogP contribution in [0.4, 0.5) is 4.79 Å². The summed E-state index contributed by atoms with van der Waals surface area (Å²) in [6.45, 7) is 12.8. The molecule has 42 heavy (non-hydrogen) atoms. The standard InChI is InChI=1S/C30H33BrClN5O4S/c1-17-7-9-21(10-8-17)42(39,40)37-23-11-18(2)26(32)25(22(23)14-33-37)24-19(3)36(34-27(24)31)20-12-30(13-20)15-35(16-30)28(38)41-29(4,5)6/h7-11,14,20H,12-13,15-16H2,1-6H3. The van der Waals surface area contributed by atoms with Gasteiger partial charge in [-0.3, -0.25) is 4.68 Å². The van der Waals surface area contributed by atoms with Crippen LogP contribution in [0.1, 0.15) is 56.5 Å². The molecule has 1 amide bonds. The lowest BCUT2D eigenvalue weighted by Crippen LogP contribution is -2.64. The molecule has 0 atom stereocenters. The number of hydrogen-bond acceptors (Lipinski definition) is 6. The molecule has 0 radical (unpaired) electrons. The molecule has 3 heterocycles. The van der Waals surface area contributed by atoms with Gasteiger partial charge in [0.2, 0.25) is 0 Å². The van der Waals surface area contributed by atoms with E-state index in [4.69, 9.17) is 21.4 Å². The zero-order valence-electron chi connectivity index (χ0n) is 24.4. The van der Waals surface area contributed by atoms with Gasteiger partial charge in [0.15, 0.2) is 0 Å². The largest absolute Gasteiger partial charge is 0.444 e. The van der Waals surface area contributed by atoms with Crippen LogP contribution in [0.3, 0.4) is 0 Å². The summed E-state index contributed by atoms with van der Waals surface area (Å²) in [5.74, 6) is 0. The first-order chi connectivity index (χ1) is 19.6. The number of amides is 1. The molecule has 2 aromatic heterocycles. The molecule has 0 N–H and O–H groups in total. The van der Waals surface area contributed by atoms with Gasteiger partial charge in [0.05, 0.1) is 27.7 Å². The van der Waals surface area contributed by atoms with Gasteiger partial charge in [-0.25, -0.2) is 4.79 Å². The average molecular weight is 675 g/mol. The molecule has 222 valence electrons. The second-order valence-corrected chi connectivity index (χ2v) is 15.6. The third kappa shape index (κ3) is 4.73. The van der Waals surface area contributed by atoms with Crippen molar-refractivity contribution in [2.45, 2.75) is 70.9 Å². The van der Waals surface area contributed by atoms with E-state index in [1.165, 1.54) is 0 Å². The minimum Gasteiger partial charge on any atom is -0.444 e. The number of aromatic nitrogens is 4. The van der Waals surface area contributed by atoms with E-state index in [9.17, 15) is 13.2 Å². The van der Waals surface area contributed by atoms with E-state index in [2.05, 4.69) is 21.0 Å². The lowest BCUT2D eigenvalue weighted by molar-refractivity contribution is -0.0931. The molecule has 1 saturated carbocycles. The SMILES string of the molecule is Cc1ccc(S(=O)(=O)n2ncc3c(-c4c(Br)nn(C5CC6(C5)CN(C(=O)OC(C)(C)C)C6)c4C)c(Cl)c(C)cc32)cc1. The van der Waals surface area contributed by atoms with Crippen LogP contribution in [0, 0.1) is 26.2 Å². The molecule has 1 aliphatic heterocycles. The highest BCUT2D eigenvalue weighted by atomic mass is 79.9. The zero-order chi connectivity index (χ0) is 30.4. The zero-order valence-corrected chi connectivity index (χ0v) is 27.6. The summed E-state index contributed by atoms with van der Waals surface area (Å²) < 4.78 is 36.4. The molecule has 1 spiro atoms. The Labute approximate surface area is 259 Å². The predicted octanol–water partition coefficient (Wildman–Crippen LogP) is 7.05. The van der Waals surface area contributed by atoms with E-state index in [-0.39, 0.29) is 22.4 Å². The van der Waals surface area contributed by atoms with E-state index in [0.29, 0.717) is 39.2 Å². The monoisotopic (exact) mass is 673 g/mol. The van der Waals surface area contributed by atoms with Gasteiger partial charge in [0.25, 0.3) is 10.0 Å². The number of benzene rings is 2.